The van der Waals surface area contributed by atoms with Gasteiger partial charge in [-0.05, 0) is 0 Å². The van der Waals surface area contributed by atoms with Crippen molar-refractivity contribution < 1.29 is 42.5 Å². The van der Waals surface area contributed by atoms with Crippen LogP contribution in [0.5, 0.6) is 0 Å². The number of rotatable bonds is 0. The van der Waals surface area contributed by atoms with Gasteiger partial charge in [-0.2, -0.15) is 0 Å². The van der Waals surface area contributed by atoms with E-state index in [1.165, 1.54) is 0 Å². The third kappa shape index (κ3) is 14.4. The van der Waals surface area contributed by atoms with Crippen LogP contribution in [0.25, 0.3) is 0 Å². The van der Waals surface area contributed by atoms with Crippen LogP contribution in [0.4, 0.5) is 0 Å². The van der Waals surface area contributed by atoms with Crippen LogP contribution in [0, 0.1) is 0 Å². The molecule has 0 aliphatic carbocycles. The molecule has 0 rings (SSSR count). The molecular weight excluding hydrogens is 187 g/mol. The Labute approximate surface area is 42.7 Å². The van der Waals surface area contributed by atoms with Crippen LogP contribution in [0.1, 0.15) is 0 Å². The molecule has 0 aromatic carbocycles. The summed E-state index contributed by atoms with van der Waals surface area (Å²) in [5.41, 5.74) is 0. The van der Waals surface area contributed by atoms with Gasteiger partial charge in [-0.1, -0.05) is 0 Å². The quantitative estimate of drug-likeness (QED) is 0.490. The molecule has 0 amide bonds. The molecule has 0 radical (unpaired) electrons. The average Bonchev–Trinajstić information content (AvgIpc) is 1.50. The summed E-state index contributed by atoms with van der Waals surface area (Å²) < 4.78 is 16.1. The normalized spacial score (nSPS) is 2.50. The van der Waals surface area contributed by atoms with Crippen molar-refractivity contribution in [1.82, 2.24) is 0 Å². The molecule has 0 spiro atoms. The summed E-state index contributed by atoms with van der Waals surface area (Å²) in [6.45, 7) is 0. The Hall–Kier alpha value is 0.782. The van der Waals surface area contributed by atoms with Gasteiger partial charge in [0.25, 0.3) is 0 Å². The third-order valence-corrected chi connectivity index (χ3v) is 0. The van der Waals surface area contributed by atoms with Gasteiger partial charge >= 0.3 is 42.5 Å². The van der Waals surface area contributed by atoms with Crippen LogP contribution in [0.15, 0.2) is 0 Å². The van der Waals surface area contributed by atoms with E-state index >= 15 is 0 Å². The summed E-state index contributed by atoms with van der Waals surface area (Å²) in [6.07, 6.45) is 0. The van der Waals surface area contributed by atoms with Crippen LogP contribution >= 0.6 is 0 Å². The van der Waals surface area contributed by atoms with Gasteiger partial charge in [0.05, 0.1) is 0 Å². The molecule has 0 aromatic heterocycles. The molecule has 0 saturated carbocycles. The Kier molecular flexibility index (Phi) is 106. The summed E-state index contributed by atoms with van der Waals surface area (Å²) in [5.74, 6) is 0. The van der Waals surface area contributed by atoms with Gasteiger partial charge in [0.2, 0.25) is 0 Å². The van der Waals surface area contributed by atoms with Crippen LogP contribution in [0.2, 0.25) is 0 Å². The van der Waals surface area contributed by atoms with E-state index in [0.29, 0.717) is 19.8 Å². The molecular formula is MoNiO2. The van der Waals surface area contributed by atoms with Gasteiger partial charge in [-0.25, -0.2) is 0 Å². The topological polar surface area (TPSA) is 34.1 Å². The van der Waals surface area contributed by atoms with Gasteiger partial charge in [0, 0.05) is 0 Å². The summed E-state index contributed by atoms with van der Waals surface area (Å²) in [4.78, 5) is 0. The van der Waals surface area contributed by atoms with E-state index in [1.54, 1.807) is 0 Å². The first-order chi connectivity index (χ1) is 2.00. The van der Waals surface area contributed by atoms with Crippen molar-refractivity contribution in [3.05, 3.63) is 0 Å². The van der Waals surface area contributed by atoms with Gasteiger partial charge in [0.1, 0.15) is 0 Å². The predicted octanol–water partition coefficient (Wildman–Crippen LogP) is -0.243. The Bertz CT molecular complexity index is 8.00. The van der Waals surface area contributed by atoms with E-state index in [9.17, 15) is 0 Å². The van der Waals surface area contributed by atoms with Crippen molar-refractivity contribution >= 4 is 0 Å². The molecule has 0 aliphatic rings. The van der Waals surface area contributed by atoms with Crippen molar-refractivity contribution in [1.29, 1.82) is 0 Å². The Balaban J connectivity index is 0. The molecule has 0 heterocycles. The first-order valence-corrected chi connectivity index (χ1v) is 1.52. The summed E-state index contributed by atoms with van der Waals surface area (Å²) in [5, 5.41) is 0. The molecule has 0 fully saturated rings. The van der Waals surface area contributed by atoms with Crippen LogP contribution in [0.3, 0.4) is 0 Å². The zero-order valence-corrected chi connectivity index (χ0v) is 4.54. The second-order valence-electron chi connectivity index (χ2n) is 0. The van der Waals surface area contributed by atoms with Crippen molar-refractivity contribution in [3.63, 3.8) is 0 Å². The third-order valence-electron chi connectivity index (χ3n) is 0. The van der Waals surface area contributed by atoms with Crippen LogP contribution in [-0.4, -0.2) is 0 Å². The molecule has 4 heavy (non-hydrogen) atoms. The van der Waals surface area contributed by atoms with Crippen molar-refractivity contribution in [3.8, 4) is 0 Å². The van der Waals surface area contributed by atoms with Gasteiger partial charge in [0.15, 0.2) is 0 Å². The zero-order chi connectivity index (χ0) is 4.00. The molecule has 0 unspecified atom stereocenters. The van der Waals surface area contributed by atoms with Crippen molar-refractivity contribution in [2.75, 3.05) is 0 Å². The summed E-state index contributed by atoms with van der Waals surface area (Å²) in [7, 11) is 0. The Morgan fingerprint density at radius 1 is 1.25 bits per heavy atom. The average molecular weight is 187 g/mol. The van der Waals surface area contributed by atoms with E-state index in [4.69, 9.17) is 7.29 Å². The van der Waals surface area contributed by atoms with E-state index in [1.807, 2.05) is 0 Å². The fourth-order valence-electron chi connectivity index (χ4n) is 0. The van der Waals surface area contributed by atoms with E-state index in [2.05, 4.69) is 15.4 Å². The molecule has 4 heteroatoms. The van der Waals surface area contributed by atoms with Gasteiger partial charge < -0.3 is 0 Å². The molecule has 0 aliphatic heterocycles. The van der Waals surface area contributed by atoms with Crippen LogP contribution in [-0.2, 0) is 42.5 Å². The molecule has 28 valence electrons. The molecule has 0 N–H and O–H groups in total. The first kappa shape index (κ1) is 8.84. The predicted molar refractivity (Wildman–Crippen MR) is 1.37 cm³/mol. The SMILES string of the molecule is [O]=[Mo].[O]=[Ni]. The first-order valence-electron chi connectivity index (χ1n) is 0.296. The Morgan fingerprint density at radius 3 is 1.25 bits per heavy atom. The maximum atomic E-state index is 8.26. The molecule has 0 atom stereocenters. The van der Waals surface area contributed by atoms with E-state index in [0.717, 1.165) is 0 Å². The fraction of sp³-hybridized carbons (Fsp3) is 0. The van der Waals surface area contributed by atoms with Gasteiger partial charge in [-0.15, -0.1) is 0 Å². The minimum atomic E-state index is 0.700. The maximum absolute atomic E-state index is 8.26. The number of hydrogen-bond donors (Lipinski definition) is 0. The monoisotopic (exact) mass is 188 g/mol. The van der Waals surface area contributed by atoms with Crippen molar-refractivity contribution in [2.24, 2.45) is 0 Å². The van der Waals surface area contributed by atoms with Crippen LogP contribution < -0.4 is 0 Å². The molecule has 0 saturated heterocycles. The molecule has 2 nitrogen and oxygen atoms in total. The summed E-state index contributed by atoms with van der Waals surface area (Å²) in [6, 6.07) is 0. The van der Waals surface area contributed by atoms with E-state index in [-0.39, 0.29) is 0 Å². The zero-order valence-electron chi connectivity index (χ0n) is 1.54. The van der Waals surface area contributed by atoms with Crippen molar-refractivity contribution in [2.45, 2.75) is 0 Å². The second-order valence-corrected chi connectivity index (χ2v) is 0. The van der Waals surface area contributed by atoms with E-state index < -0.39 is 0 Å². The molecule has 0 bridgehead atoms. The number of hydrogen-bond acceptors (Lipinski definition) is 2. The minimum absolute atomic E-state index is 0.700. The standard InChI is InChI=1S/Mo.Ni.2O. The van der Waals surface area contributed by atoms with Gasteiger partial charge in [-0.3, -0.25) is 0 Å². The fourth-order valence-corrected chi connectivity index (χ4v) is 0. The Morgan fingerprint density at radius 2 is 1.25 bits per heavy atom. The molecule has 0 aromatic rings. The second kappa shape index (κ2) is 47.9. The summed E-state index contributed by atoms with van der Waals surface area (Å²) >= 11 is 3.32.